The molecular formula is C16H21N3O. The van der Waals surface area contributed by atoms with Crippen molar-refractivity contribution in [3.05, 3.63) is 41.7 Å². The fraction of sp³-hybridized carbons (Fsp3) is 0.375. The Labute approximate surface area is 120 Å². The van der Waals surface area contributed by atoms with E-state index in [9.17, 15) is 0 Å². The quantitative estimate of drug-likeness (QED) is 0.895. The summed E-state index contributed by atoms with van der Waals surface area (Å²) in [5, 5.41) is 0. The van der Waals surface area contributed by atoms with Gasteiger partial charge in [0.25, 0.3) is 0 Å². The zero-order valence-electron chi connectivity index (χ0n) is 12.3. The van der Waals surface area contributed by atoms with Crippen molar-refractivity contribution in [1.29, 1.82) is 0 Å². The molecule has 0 amide bonds. The van der Waals surface area contributed by atoms with Crippen LogP contribution in [0.3, 0.4) is 0 Å². The lowest BCUT2D eigenvalue weighted by molar-refractivity contribution is 0.453. The molecule has 1 aromatic carbocycles. The number of rotatable bonds is 5. The molecule has 0 saturated heterocycles. The smallest absolute Gasteiger partial charge is 0.227 e. The van der Waals surface area contributed by atoms with E-state index in [1.165, 1.54) is 11.9 Å². The highest BCUT2D eigenvalue weighted by Crippen LogP contribution is 2.28. The summed E-state index contributed by atoms with van der Waals surface area (Å²) in [4.78, 5) is 8.25. The molecule has 0 unspecified atom stereocenters. The molecular weight excluding hydrogens is 250 g/mol. The number of ether oxygens (including phenoxy) is 1. The molecule has 0 aliphatic carbocycles. The first-order valence-electron chi connectivity index (χ1n) is 6.99. The summed E-state index contributed by atoms with van der Waals surface area (Å²) in [6.07, 6.45) is 3.22. The van der Waals surface area contributed by atoms with Gasteiger partial charge in [0, 0.05) is 0 Å². The van der Waals surface area contributed by atoms with Gasteiger partial charge in [0.1, 0.15) is 17.9 Å². The van der Waals surface area contributed by atoms with Crippen molar-refractivity contribution in [3.8, 4) is 11.6 Å². The van der Waals surface area contributed by atoms with Gasteiger partial charge < -0.3 is 10.5 Å². The third-order valence-electron chi connectivity index (χ3n) is 3.18. The molecule has 0 spiro atoms. The van der Waals surface area contributed by atoms with E-state index in [4.69, 9.17) is 10.5 Å². The van der Waals surface area contributed by atoms with Crippen molar-refractivity contribution in [1.82, 2.24) is 9.97 Å². The lowest BCUT2D eigenvalue weighted by Gasteiger charge is -2.12. The van der Waals surface area contributed by atoms with E-state index >= 15 is 0 Å². The van der Waals surface area contributed by atoms with Crippen LogP contribution in [-0.4, -0.2) is 9.97 Å². The standard InChI is InChI=1S/C16H21N3O/c1-4-6-14-15(17)18-10-19-16(14)20-13-8-5-7-12(9-13)11(2)3/h5,7-11H,4,6H2,1-3H3,(H2,17,18,19). The lowest BCUT2D eigenvalue weighted by Crippen LogP contribution is -2.02. The predicted molar refractivity (Wildman–Crippen MR) is 81.0 cm³/mol. The Kier molecular flexibility index (Phi) is 4.56. The number of nitrogen functional groups attached to an aromatic ring is 1. The largest absolute Gasteiger partial charge is 0.439 e. The van der Waals surface area contributed by atoms with Crippen LogP contribution in [0.1, 0.15) is 44.2 Å². The first-order chi connectivity index (χ1) is 9.61. The van der Waals surface area contributed by atoms with Gasteiger partial charge >= 0.3 is 0 Å². The van der Waals surface area contributed by atoms with Gasteiger partial charge in [-0.25, -0.2) is 9.97 Å². The molecule has 0 radical (unpaired) electrons. The van der Waals surface area contributed by atoms with Crippen LogP contribution in [0.2, 0.25) is 0 Å². The van der Waals surface area contributed by atoms with Crippen molar-refractivity contribution >= 4 is 5.82 Å². The molecule has 4 nitrogen and oxygen atoms in total. The normalized spacial score (nSPS) is 10.8. The summed E-state index contributed by atoms with van der Waals surface area (Å²) in [6.45, 7) is 6.41. The topological polar surface area (TPSA) is 61.0 Å². The highest BCUT2D eigenvalue weighted by molar-refractivity contribution is 5.46. The van der Waals surface area contributed by atoms with Crippen molar-refractivity contribution in [2.75, 3.05) is 5.73 Å². The van der Waals surface area contributed by atoms with E-state index in [0.29, 0.717) is 17.6 Å². The molecule has 0 atom stereocenters. The lowest BCUT2D eigenvalue weighted by atomic mass is 10.0. The van der Waals surface area contributed by atoms with Gasteiger partial charge in [-0.1, -0.05) is 39.3 Å². The van der Waals surface area contributed by atoms with Gasteiger partial charge in [0.15, 0.2) is 0 Å². The molecule has 0 aliphatic heterocycles. The first-order valence-corrected chi connectivity index (χ1v) is 6.99. The average molecular weight is 271 g/mol. The number of hydrogen-bond acceptors (Lipinski definition) is 4. The second-order valence-electron chi connectivity index (χ2n) is 5.12. The maximum absolute atomic E-state index is 5.91. The maximum Gasteiger partial charge on any atom is 0.227 e. The van der Waals surface area contributed by atoms with E-state index in [2.05, 4.69) is 36.8 Å². The Balaban J connectivity index is 2.30. The SMILES string of the molecule is CCCc1c(N)ncnc1Oc1cccc(C(C)C)c1. The van der Waals surface area contributed by atoms with Gasteiger partial charge in [-0.2, -0.15) is 0 Å². The second-order valence-corrected chi connectivity index (χ2v) is 5.12. The van der Waals surface area contributed by atoms with E-state index in [1.807, 2.05) is 18.2 Å². The molecule has 20 heavy (non-hydrogen) atoms. The monoisotopic (exact) mass is 271 g/mol. The minimum Gasteiger partial charge on any atom is -0.439 e. The Morgan fingerprint density at radius 3 is 2.75 bits per heavy atom. The Hall–Kier alpha value is -2.10. The van der Waals surface area contributed by atoms with Gasteiger partial charge in [-0.15, -0.1) is 0 Å². The van der Waals surface area contributed by atoms with Gasteiger partial charge in [-0.3, -0.25) is 0 Å². The van der Waals surface area contributed by atoms with Crippen LogP contribution in [0.4, 0.5) is 5.82 Å². The Morgan fingerprint density at radius 1 is 1.25 bits per heavy atom. The molecule has 0 fully saturated rings. The van der Waals surface area contributed by atoms with E-state index in [1.54, 1.807) is 0 Å². The molecule has 2 aromatic rings. The van der Waals surface area contributed by atoms with E-state index in [-0.39, 0.29) is 0 Å². The molecule has 2 rings (SSSR count). The summed E-state index contributed by atoms with van der Waals surface area (Å²) < 4.78 is 5.90. The van der Waals surface area contributed by atoms with Crippen LogP contribution >= 0.6 is 0 Å². The molecule has 1 heterocycles. The van der Waals surface area contributed by atoms with E-state index < -0.39 is 0 Å². The number of aromatic nitrogens is 2. The molecule has 4 heteroatoms. The molecule has 2 N–H and O–H groups in total. The molecule has 0 bridgehead atoms. The van der Waals surface area contributed by atoms with Crippen LogP contribution in [0.25, 0.3) is 0 Å². The van der Waals surface area contributed by atoms with Gasteiger partial charge in [0.05, 0.1) is 5.56 Å². The highest BCUT2D eigenvalue weighted by Gasteiger charge is 2.11. The minimum absolute atomic E-state index is 0.462. The third kappa shape index (κ3) is 3.26. The van der Waals surface area contributed by atoms with Crippen molar-refractivity contribution in [2.24, 2.45) is 0 Å². The molecule has 0 saturated carbocycles. The fourth-order valence-electron chi connectivity index (χ4n) is 2.03. The van der Waals surface area contributed by atoms with Crippen molar-refractivity contribution < 1.29 is 4.74 Å². The van der Waals surface area contributed by atoms with Gasteiger partial charge in [0.2, 0.25) is 5.88 Å². The molecule has 0 aliphatic rings. The summed E-state index contributed by atoms with van der Waals surface area (Å²) in [6, 6.07) is 8.06. The van der Waals surface area contributed by atoms with E-state index in [0.717, 1.165) is 24.2 Å². The van der Waals surface area contributed by atoms with Crippen LogP contribution in [0.15, 0.2) is 30.6 Å². The van der Waals surface area contributed by atoms with Crippen LogP contribution in [-0.2, 0) is 6.42 Å². The van der Waals surface area contributed by atoms with Gasteiger partial charge in [-0.05, 0) is 30.0 Å². The number of anilines is 1. The Bertz CT molecular complexity index is 582. The molecule has 106 valence electrons. The first kappa shape index (κ1) is 14.3. The zero-order valence-corrected chi connectivity index (χ0v) is 12.3. The number of nitrogens with zero attached hydrogens (tertiary/aromatic N) is 2. The fourth-order valence-corrected chi connectivity index (χ4v) is 2.03. The summed E-state index contributed by atoms with van der Waals surface area (Å²) in [7, 11) is 0. The highest BCUT2D eigenvalue weighted by atomic mass is 16.5. The maximum atomic E-state index is 5.91. The predicted octanol–water partition coefficient (Wildman–Crippen LogP) is 3.93. The van der Waals surface area contributed by atoms with Crippen molar-refractivity contribution in [2.45, 2.75) is 39.5 Å². The number of hydrogen-bond donors (Lipinski definition) is 1. The Morgan fingerprint density at radius 2 is 2.05 bits per heavy atom. The third-order valence-corrected chi connectivity index (χ3v) is 3.18. The summed E-state index contributed by atoms with van der Waals surface area (Å²) >= 11 is 0. The average Bonchev–Trinajstić information content (AvgIpc) is 2.43. The second kappa shape index (κ2) is 6.37. The van der Waals surface area contributed by atoms with Crippen LogP contribution < -0.4 is 10.5 Å². The molecule has 1 aromatic heterocycles. The van der Waals surface area contributed by atoms with Crippen molar-refractivity contribution in [3.63, 3.8) is 0 Å². The summed E-state index contributed by atoms with van der Waals surface area (Å²) in [5.74, 6) is 2.30. The van der Waals surface area contributed by atoms with Crippen LogP contribution in [0, 0.1) is 0 Å². The van der Waals surface area contributed by atoms with Crippen LogP contribution in [0.5, 0.6) is 11.6 Å². The zero-order chi connectivity index (χ0) is 14.5. The summed E-state index contributed by atoms with van der Waals surface area (Å²) in [5.41, 5.74) is 8.03. The minimum atomic E-state index is 0.462. The number of nitrogens with two attached hydrogens (primary N) is 1. The number of benzene rings is 1.